The van der Waals surface area contributed by atoms with E-state index in [4.69, 9.17) is 15.3 Å². The Hall–Kier alpha value is -0.473. The minimum absolute atomic E-state index is 0.277. The summed E-state index contributed by atoms with van der Waals surface area (Å²) in [6, 6.07) is -0.277. The Morgan fingerprint density at radius 3 is 2.00 bits per heavy atom. The molecule has 0 spiro atoms. The molecule has 0 saturated heterocycles. The number of carbonyl (C=O) groups is 1. The summed E-state index contributed by atoms with van der Waals surface area (Å²) in [6.07, 6.45) is 0. The highest BCUT2D eigenvalue weighted by Crippen LogP contribution is 1.95. The van der Waals surface area contributed by atoms with E-state index in [2.05, 4.69) is 8.85 Å². The summed E-state index contributed by atoms with van der Waals surface area (Å²) in [5.41, 5.74) is 0. The van der Waals surface area contributed by atoms with Gasteiger partial charge in [-0.3, -0.25) is 4.79 Å². The van der Waals surface area contributed by atoms with Crippen LogP contribution in [0.3, 0.4) is 0 Å². The van der Waals surface area contributed by atoms with Crippen LogP contribution in [0.15, 0.2) is 0 Å². The fraction of sp³-hybridized carbons (Fsp3) is 0.750. The van der Waals surface area contributed by atoms with Gasteiger partial charge < -0.3 is 24.2 Å². The normalized spacial score (nSPS) is 10.5. The molecule has 0 aliphatic rings. The minimum Gasteiger partial charge on any atom is -0.481 e. The Morgan fingerprint density at radius 1 is 1.27 bits per heavy atom. The molecule has 0 aliphatic heterocycles. The molecule has 0 aromatic heterocycles. The predicted octanol–water partition coefficient (Wildman–Crippen LogP) is -1.78. The van der Waals surface area contributed by atoms with Gasteiger partial charge in [0, 0.05) is 0 Å². The van der Waals surface area contributed by atoms with Gasteiger partial charge in [0.1, 0.15) is 13.6 Å². The highest BCUT2D eigenvalue weighted by atomic mass is 28.3. The van der Waals surface area contributed by atoms with E-state index in [1.807, 2.05) is 0 Å². The number of aliphatic carboxylic acids is 1. The molecule has 0 unspecified atom stereocenters. The summed E-state index contributed by atoms with van der Waals surface area (Å²) in [5.74, 6) is -1.07. The lowest BCUT2D eigenvalue weighted by Gasteiger charge is -2.10. The molecule has 7 heteroatoms. The van der Waals surface area contributed by atoms with Crippen molar-refractivity contribution in [3.05, 3.63) is 0 Å². The van der Waals surface area contributed by atoms with E-state index in [1.165, 1.54) is 0 Å². The third-order valence-electron chi connectivity index (χ3n) is 0.862. The zero-order valence-corrected chi connectivity index (χ0v) is 6.92. The van der Waals surface area contributed by atoms with Crippen LogP contribution >= 0.6 is 0 Å². The van der Waals surface area contributed by atoms with Crippen molar-refractivity contribution in [2.45, 2.75) is 6.04 Å². The first-order valence-corrected chi connectivity index (χ1v) is 4.63. The van der Waals surface area contributed by atoms with Crippen LogP contribution in [-0.4, -0.2) is 44.2 Å². The first-order chi connectivity index (χ1) is 5.20. The third-order valence-corrected chi connectivity index (χ3v) is 2.59. The third kappa shape index (κ3) is 5.95. The lowest BCUT2D eigenvalue weighted by Crippen LogP contribution is -2.26. The van der Waals surface area contributed by atoms with Gasteiger partial charge in [-0.15, -0.1) is 0 Å². The largest absolute Gasteiger partial charge is 0.481 e. The average Bonchev–Trinajstić information content (AvgIpc) is 1.87. The molecule has 66 valence electrons. The standard InChI is InChI=1S/C4H10O6Si/c5-2-9-11(10-3-6)1-4(7)8/h5-6,11H,1-3H2,(H,7,8). The first kappa shape index (κ1) is 10.5. The zero-order valence-electron chi connectivity index (χ0n) is 5.77. The molecule has 3 N–H and O–H groups in total. The van der Waals surface area contributed by atoms with Crippen molar-refractivity contribution in [1.29, 1.82) is 0 Å². The van der Waals surface area contributed by atoms with Gasteiger partial charge in [0.25, 0.3) is 0 Å². The molecule has 0 atom stereocenters. The summed E-state index contributed by atoms with van der Waals surface area (Å²) in [4.78, 5) is 10.1. The zero-order chi connectivity index (χ0) is 8.69. The van der Waals surface area contributed by atoms with Crippen LogP contribution < -0.4 is 0 Å². The van der Waals surface area contributed by atoms with Gasteiger partial charge in [0.15, 0.2) is 0 Å². The smallest absolute Gasteiger partial charge is 0.336 e. The molecule has 0 aromatic carbocycles. The van der Waals surface area contributed by atoms with Crippen LogP contribution in [0.25, 0.3) is 0 Å². The van der Waals surface area contributed by atoms with Crippen molar-refractivity contribution < 1.29 is 29.0 Å². The molecule has 0 saturated carbocycles. The van der Waals surface area contributed by atoms with Gasteiger partial charge in [-0.2, -0.15) is 0 Å². The topological polar surface area (TPSA) is 96.2 Å². The maximum atomic E-state index is 10.1. The Morgan fingerprint density at radius 2 is 1.73 bits per heavy atom. The molecular formula is C4H10O6Si. The number of aliphatic hydroxyl groups is 2. The monoisotopic (exact) mass is 182 g/mol. The molecule has 0 heterocycles. The van der Waals surface area contributed by atoms with Crippen molar-refractivity contribution in [3.63, 3.8) is 0 Å². The molecule has 0 bridgehead atoms. The van der Waals surface area contributed by atoms with Gasteiger partial charge in [0.05, 0.1) is 6.04 Å². The van der Waals surface area contributed by atoms with E-state index in [1.54, 1.807) is 0 Å². The fourth-order valence-electron chi connectivity index (χ4n) is 0.475. The van der Waals surface area contributed by atoms with E-state index >= 15 is 0 Å². The Labute approximate surface area is 64.8 Å². The summed E-state index contributed by atoms with van der Waals surface area (Å²) in [6.45, 7) is -1.16. The van der Waals surface area contributed by atoms with Crippen molar-refractivity contribution in [2.75, 3.05) is 13.6 Å². The number of hydrogen-bond donors (Lipinski definition) is 3. The Kier molecular flexibility index (Phi) is 5.98. The number of hydrogen-bond acceptors (Lipinski definition) is 5. The molecule has 11 heavy (non-hydrogen) atoms. The second-order valence-electron chi connectivity index (χ2n) is 1.62. The van der Waals surface area contributed by atoms with Gasteiger partial charge in [-0.05, 0) is 0 Å². The van der Waals surface area contributed by atoms with Crippen LogP contribution in [0.4, 0.5) is 0 Å². The SMILES string of the molecule is O=C(O)C[SiH](OCO)OCO. The van der Waals surface area contributed by atoms with Crippen LogP contribution in [0.5, 0.6) is 0 Å². The maximum absolute atomic E-state index is 10.1. The molecular weight excluding hydrogens is 172 g/mol. The lowest BCUT2D eigenvalue weighted by molar-refractivity contribution is -0.135. The molecule has 0 aromatic rings. The van der Waals surface area contributed by atoms with Gasteiger partial charge in [-0.1, -0.05) is 0 Å². The van der Waals surface area contributed by atoms with E-state index in [-0.39, 0.29) is 6.04 Å². The number of aliphatic hydroxyl groups excluding tert-OH is 2. The second-order valence-corrected chi connectivity index (χ2v) is 3.55. The second kappa shape index (κ2) is 6.25. The fourth-order valence-corrected chi connectivity index (χ4v) is 1.42. The lowest BCUT2D eigenvalue weighted by atomic mass is 10.8. The summed E-state index contributed by atoms with van der Waals surface area (Å²) in [5, 5.41) is 24.7. The van der Waals surface area contributed by atoms with Gasteiger partial charge in [-0.25, -0.2) is 0 Å². The van der Waals surface area contributed by atoms with Gasteiger partial charge >= 0.3 is 15.3 Å². The van der Waals surface area contributed by atoms with Crippen LogP contribution in [0.2, 0.25) is 6.04 Å². The molecule has 0 aliphatic carbocycles. The minimum atomic E-state index is -2.39. The molecule has 0 fully saturated rings. The van der Waals surface area contributed by atoms with E-state index in [0.717, 1.165) is 0 Å². The maximum Gasteiger partial charge on any atom is 0.336 e. The Bertz CT molecular complexity index is 111. The number of carboxylic acids is 1. The molecule has 0 amide bonds. The van der Waals surface area contributed by atoms with E-state index in [9.17, 15) is 4.79 Å². The van der Waals surface area contributed by atoms with Crippen molar-refractivity contribution >= 4 is 15.3 Å². The number of rotatable bonds is 6. The van der Waals surface area contributed by atoms with Crippen LogP contribution in [0, 0.1) is 0 Å². The van der Waals surface area contributed by atoms with Crippen LogP contribution in [0.1, 0.15) is 0 Å². The van der Waals surface area contributed by atoms with E-state index < -0.39 is 28.8 Å². The van der Waals surface area contributed by atoms with Crippen LogP contribution in [-0.2, 0) is 13.6 Å². The Balaban J connectivity index is 3.59. The molecule has 6 nitrogen and oxygen atoms in total. The predicted molar refractivity (Wildman–Crippen MR) is 35.9 cm³/mol. The highest BCUT2D eigenvalue weighted by Gasteiger charge is 2.16. The quantitative estimate of drug-likeness (QED) is 0.332. The van der Waals surface area contributed by atoms with Crippen molar-refractivity contribution in [2.24, 2.45) is 0 Å². The first-order valence-electron chi connectivity index (χ1n) is 2.87. The van der Waals surface area contributed by atoms with Gasteiger partial charge in [0.2, 0.25) is 0 Å². The highest BCUT2D eigenvalue weighted by molar-refractivity contribution is 6.48. The summed E-state index contributed by atoms with van der Waals surface area (Å²) in [7, 11) is -2.39. The molecule has 0 rings (SSSR count). The van der Waals surface area contributed by atoms with Crippen molar-refractivity contribution in [1.82, 2.24) is 0 Å². The number of carboxylic acid groups (broad SMARTS) is 1. The summed E-state index contributed by atoms with van der Waals surface area (Å²) >= 11 is 0. The van der Waals surface area contributed by atoms with Crippen molar-refractivity contribution in [3.8, 4) is 0 Å². The van der Waals surface area contributed by atoms with E-state index in [0.29, 0.717) is 0 Å². The summed E-state index contributed by atoms with van der Waals surface area (Å²) < 4.78 is 9.05. The average molecular weight is 182 g/mol. The molecule has 0 radical (unpaired) electrons.